The molecular weight excluding hydrogens is 1670 g/mol. The fourth-order valence-electron chi connectivity index (χ4n) is 26.3. The second kappa shape index (κ2) is 43.6. The summed E-state index contributed by atoms with van der Waals surface area (Å²) in [5.41, 5.74) is 16.4. The van der Waals surface area contributed by atoms with E-state index in [0.717, 1.165) is 173 Å². The van der Waals surface area contributed by atoms with Gasteiger partial charge in [0.15, 0.2) is 23.1 Å². The van der Waals surface area contributed by atoms with Crippen LogP contribution in [0.2, 0.25) is 0 Å². The maximum Gasteiger partial charge on any atom is 0.514 e. The lowest BCUT2D eigenvalue weighted by molar-refractivity contribution is -0.143. The summed E-state index contributed by atoms with van der Waals surface area (Å²) < 4.78 is 26.2. The molecule has 19 nitrogen and oxygen atoms in total. The van der Waals surface area contributed by atoms with E-state index in [9.17, 15) is 69.0 Å². The molecule has 0 radical (unpaired) electrons. The van der Waals surface area contributed by atoms with Crippen molar-refractivity contribution in [2.45, 2.75) is 296 Å². The second-order valence-electron chi connectivity index (χ2n) is 41.1. The minimum atomic E-state index is -0.799. The SMILES string of the molecule is CC/C(=C(/CC)c1ccc(OC(=O)OCC2=CCCCC2=O)cc1)c1ccc(C)cc1.C[C@]12CCC3c4ccc(O)cc4CCC3C1C[C@@H](C/C=C/C(=O)OCC1=CCCCC1=O)[C@@H]2O.C[C@]12CCC3c4ccc(O)cc4CCC3C1C[C@@H](CC#CC(=O)OCC1=CCCCC1=O)[C@@H]2O.C[C@]12CCC3c4ccc(O)cc4CCC3C1C[C@@H](CCCC(=O)OCC1=CCCCC1=O)[C@@H]2O. The van der Waals surface area contributed by atoms with E-state index in [1.165, 1.54) is 61.7 Å². The van der Waals surface area contributed by atoms with Gasteiger partial charge in [0.1, 0.15) is 49.4 Å². The third-order valence-electron chi connectivity index (χ3n) is 33.4. The Morgan fingerprint density at radius 2 is 0.850 bits per heavy atom. The van der Waals surface area contributed by atoms with Gasteiger partial charge in [-0.2, -0.15) is 0 Å². The Labute approximate surface area is 785 Å². The van der Waals surface area contributed by atoms with E-state index in [0.29, 0.717) is 150 Å². The highest BCUT2D eigenvalue weighted by Gasteiger charge is 2.61. The van der Waals surface area contributed by atoms with Crippen LogP contribution >= 0.6 is 0 Å². The van der Waals surface area contributed by atoms with Crippen molar-refractivity contribution in [1.29, 1.82) is 0 Å². The Bertz CT molecular complexity index is 5370. The molecule has 6 fully saturated rings. The number of ether oxygens (including phenoxy) is 5. The Balaban J connectivity index is 0.000000136. The number of carbonyl (C=O) groups is 8. The molecule has 6 saturated carbocycles. The van der Waals surface area contributed by atoms with Gasteiger partial charge in [0.2, 0.25) is 0 Å². The Morgan fingerprint density at radius 1 is 0.459 bits per heavy atom. The first-order valence-electron chi connectivity index (χ1n) is 49.9. The van der Waals surface area contributed by atoms with E-state index in [2.05, 4.69) is 95.8 Å². The van der Waals surface area contributed by atoms with Crippen LogP contribution < -0.4 is 4.74 Å². The number of hydrogen-bond acceptors (Lipinski definition) is 19. The molecule has 0 aliphatic heterocycles. The van der Waals surface area contributed by atoms with E-state index in [-0.39, 0.29) is 102 Å². The zero-order valence-corrected chi connectivity index (χ0v) is 78.8. The van der Waals surface area contributed by atoms with Gasteiger partial charge in [0.25, 0.3) is 0 Å². The summed E-state index contributed by atoms with van der Waals surface area (Å²) in [6, 6.07) is 33.7. The molecule has 708 valence electrons. The van der Waals surface area contributed by atoms with Gasteiger partial charge in [-0.1, -0.05) is 131 Å². The van der Waals surface area contributed by atoms with E-state index in [4.69, 9.17) is 23.7 Å². The van der Waals surface area contributed by atoms with E-state index in [1.54, 1.807) is 18.2 Å². The molecule has 0 aromatic heterocycles. The zero-order chi connectivity index (χ0) is 93.8. The summed E-state index contributed by atoms with van der Waals surface area (Å²) in [6.07, 6.45) is 38.2. The summed E-state index contributed by atoms with van der Waals surface area (Å²) >= 11 is 0. The molecule has 133 heavy (non-hydrogen) atoms. The number of esters is 3. The first-order valence-corrected chi connectivity index (χ1v) is 49.9. The van der Waals surface area contributed by atoms with Crippen LogP contribution in [0.25, 0.3) is 11.1 Å². The quantitative estimate of drug-likeness (QED) is 0.00756. The molecule has 0 amide bonds. The summed E-state index contributed by atoms with van der Waals surface area (Å²) in [4.78, 5) is 95.8. The highest BCUT2D eigenvalue weighted by Crippen LogP contribution is 2.66. The Morgan fingerprint density at radius 3 is 1.29 bits per heavy atom. The summed E-state index contributed by atoms with van der Waals surface area (Å²) in [7, 11) is 0. The van der Waals surface area contributed by atoms with Gasteiger partial charge in [-0.25, -0.2) is 14.4 Å². The van der Waals surface area contributed by atoms with Gasteiger partial charge in [-0.3, -0.25) is 24.0 Å². The molecule has 13 aliphatic rings. The number of aliphatic hydroxyl groups excluding tert-OH is 3. The van der Waals surface area contributed by atoms with Crippen LogP contribution in [0, 0.1) is 88.3 Å². The van der Waals surface area contributed by atoms with E-state index >= 15 is 0 Å². The number of aliphatic hydroxyl groups is 3. The van der Waals surface area contributed by atoms with Crippen LogP contribution in [0.5, 0.6) is 23.0 Å². The molecule has 13 aliphatic carbocycles. The standard InChI is InChI=1S/C29H38O5.C29H36O5.C29H34O5.C27H30O4/c3*1-29-14-13-23-22-12-10-21(30)15-18(22)9-11-24(23)25(29)16-19(28(29)33)6-4-8-27(32)34-17-20-5-2-3-7-26(20)31;1-4-24(20-12-10-19(3)11-13-20)25(5-2)21-14-16-23(17-15-21)31-27(29)30-18-22-8-6-7-9-26(22)28/h5,10,12,15,19,23-25,28,30,33H,2-4,6-9,11,13-14,16-17H2,1H3;4-5,8,10,12,15,19,23-25,28,30,33H,2-3,6-7,9,11,13-14,16-17H2,1H3;5,10,12,15,19,23-25,28,30,33H,2-3,6-7,9,11,13-14,16-17H2,1H3;8,10-17H,4-7,9,18H2,1-3H3/b;8-4+;;25-24+/t3*19-,23?,24?,25?,28+,29+;/m111./s1. The van der Waals surface area contributed by atoms with Crippen LogP contribution in [0.3, 0.4) is 0 Å². The fraction of sp³-hybridized carbons (Fsp3) is 0.544. The lowest BCUT2D eigenvalue weighted by Gasteiger charge is -2.50. The number of allylic oxidation sites excluding steroid dienone is 7. The van der Waals surface area contributed by atoms with Gasteiger partial charge in [-0.15, -0.1) is 0 Å². The molecule has 0 saturated heterocycles. The maximum atomic E-state index is 12.2. The zero-order valence-electron chi connectivity index (χ0n) is 78.8. The molecule has 18 rings (SSSR count). The van der Waals surface area contributed by atoms with E-state index in [1.807, 2.05) is 72.8 Å². The largest absolute Gasteiger partial charge is 0.514 e. The monoisotopic (exact) mass is 1810 g/mol. The first kappa shape index (κ1) is 97.3. The lowest BCUT2D eigenvalue weighted by atomic mass is 9.55. The second-order valence-corrected chi connectivity index (χ2v) is 41.1. The van der Waals surface area contributed by atoms with Crippen LogP contribution in [-0.2, 0) is 71.8 Å². The van der Waals surface area contributed by atoms with E-state index < -0.39 is 24.2 Å². The first-order chi connectivity index (χ1) is 64.1. The Kier molecular flexibility index (Phi) is 31.9. The lowest BCUT2D eigenvalue weighted by Crippen LogP contribution is -2.44. The Hall–Kier alpha value is -10.3. The number of aromatic hydroxyl groups is 3. The third-order valence-corrected chi connectivity index (χ3v) is 33.4. The molecule has 6 N–H and O–H groups in total. The van der Waals surface area contributed by atoms with Gasteiger partial charge in [0, 0.05) is 72.8 Å². The summed E-state index contributed by atoms with van der Waals surface area (Å²) in [6.45, 7) is 13.3. The number of benzene rings is 5. The third kappa shape index (κ3) is 22.3. The van der Waals surface area contributed by atoms with Crippen LogP contribution in [0.1, 0.15) is 301 Å². The van der Waals surface area contributed by atoms with Gasteiger partial charge < -0.3 is 54.3 Å². The number of phenolic OH excluding ortho intramolecular Hbond substituents is 3. The average Bonchev–Trinajstić information content (AvgIpc) is 1.61. The van der Waals surface area contributed by atoms with Gasteiger partial charge >= 0.3 is 24.1 Å². The molecule has 0 heterocycles. The molecule has 18 atom stereocenters. The fourth-order valence-corrected chi connectivity index (χ4v) is 26.3. The number of phenols is 3. The number of carbonyl (C=O) groups excluding carboxylic acids is 8. The molecule has 9 unspecified atom stereocenters. The van der Waals surface area contributed by atoms with Crippen LogP contribution in [-0.4, -0.2) is 123 Å². The molecule has 0 bridgehead atoms. The van der Waals surface area contributed by atoms with Crippen molar-refractivity contribution in [3.8, 4) is 34.8 Å². The summed E-state index contributed by atoms with van der Waals surface area (Å²) in [5.74, 6) is 11.0. The number of rotatable bonds is 21. The molecule has 5 aromatic rings. The van der Waals surface area contributed by atoms with Crippen LogP contribution in [0.4, 0.5) is 4.79 Å². The van der Waals surface area contributed by atoms with Crippen molar-refractivity contribution in [2.75, 3.05) is 26.4 Å². The van der Waals surface area contributed by atoms with Crippen molar-refractivity contribution in [2.24, 2.45) is 69.5 Å². The predicted octanol–water partition coefficient (Wildman–Crippen LogP) is 21.6. The maximum absolute atomic E-state index is 12.2. The van der Waals surface area contributed by atoms with Gasteiger partial charge in [-0.05, 0) is 378 Å². The highest BCUT2D eigenvalue weighted by atomic mass is 16.7. The topological polar surface area (TPSA) is 304 Å². The highest BCUT2D eigenvalue weighted by molar-refractivity contribution is 5.99. The van der Waals surface area contributed by atoms with Crippen molar-refractivity contribution >= 4 is 58.3 Å². The predicted molar refractivity (Wildman–Crippen MR) is 510 cm³/mol. The average molecular weight is 1810 g/mol. The normalized spacial score (nSPS) is 29.9. The molecule has 19 heteroatoms. The van der Waals surface area contributed by atoms with Crippen molar-refractivity contribution in [3.63, 3.8) is 0 Å². The van der Waals surface area contributed by atoms with Crippen molar-refractivity contribution in [1.82, 2.24) is 0 Å². The minimum Gasteiger partial charge on any atom is -0.508 e. The number of aryl methyl sites for hydroxylation is 4. The number of hydrogen-bond donors (Lipinski definition) is 6. The molecule has 0 spiro atoms. The molecule has 5 aromatic carbocycles. The number of ketones is 4. The number of fused-ring (bicyclic) bond motifs is 15. The number of Topliss-reactive ketones (excluding diaryl/α,β-unsaturated/α-hetero) is 4. The van der Waals surface area contributed by atoms with Gasteiger partial charge in [0.05, 0.1) is 18.3 Å². The van der Waals surface area contributed by atoms with Crippen molar-refractivity contribution < 1.29 is 92.7 Å². The minimum absolute atomic E-state index is 0.000856. The van der Waals surface area contributed by atoms with Crippen LogP contribution in [0.15, 0.2) is 162 Å². The summed E-state index contributed by atoms with van der Waals surface area (Å²) in [5, 5.41) is 63.6. The smallest absolute Gasteiger partial charge is 0.508 e. The van der Waals surface area contributed by atoms with Crippen molar-refractivity contribution in [3.05, 3.63) is 212 Å². The molecular formula is C114H138O19.